The SMILES string of the molecule is C=C(CC1=CN2C(CCC)=CC=CC2C=C1)c1c[nH+]c2c[nH]c(C)c2c1. The van der Waals surface area contributed by atoms with Gasteiger partial charge in [-0.05, 0) is 43.1 Å². The van der Waals surface area contributed by atoms with E-state index in [1.54, 1.807) is 0 Å². The van der Waals surface area contributed by atoms with Crippen molar-refractivity contribution in [1.82, 2.24) is 9.88 Å². The Hall–Kier alpha value is -2.81. The van der Waals surface area contributed by atoms with E-state index < -0.39 is 0 Å². The molecule has 2 N–H and O–H groups in total. The molecule has 4 rings (SSSR count). The second-order valence-electron chi connectivity index (χ2n) is 7.16. The predicted molar refractivity (Wildman–Crippen MR) is 108 cm³/mol. The van der Waals surface area contributed by atoms with Crippen LogP contribution in [-0.4, -0.2) is 15.9 Å². The Morgan fingerprint density at radius 3 is 3.08 bits per heavy atom. The number of aryl methyl sites for hydroxylation is 1. The molecule has 0 saturated heterocycles. The van der Waals surface area contributed by atoms with E-state index >= 15 is 0 Å². The Morgan fingerprint density at radius 2 is 2.23 bits per heavy atom. The van der Waals surface area contributed by atoms with Crippen LogP contribution in [0.25, 0.3) is 16.5 Å². The third-order valence-electron chi connectivity index (χ3n) is 5.20. The van der Waals surface area contributed by atoms with Crippen molar-refractivity contribution in [1.29, 1.82) is 0 Å². The van der Waals surface area contributed by atoms with Gasteiger partial charge in [-0.2, -0.15) is 0 Å². The maximum Gasteiger partial charge on any atom is 0.228 e. The van der Waals surface area contributed by atoms with Crippen LogP contribution in [0.4, 0.5) is 0 Å². The zero-order chi connectivity index (χ0) is 18.1. The van der Waals surface area contributed by atoms with Crippen LogP contribution in [0.1, 0.15) is 37.4 Å². The van der Waals surface area contributed by atoms with Gasteiger partial charge in [0.05, 0.1) is 17.6 Å². The van der Waals surface area contributed by atoms with Gasteiger partial charge in [-0.15, -0.1) is 0 Å². The summed E-state index contributed by atoms with van der Waals surface area (Å²) in [6, 6.07) is 2.58. The number of rotatable bonds is 5. The summed E-state index contributed by atoms with van der Waals surface area (Å²) in [7, 11) is 0. The minimum atomic E-state index is 0.353. The molecule has 132 valence electrons. The molecule has 2 aromatic rings. The molecule has 26 heavy (non-hydrogen) atoms. The first kappa shape index (κ1) is 16.6. The van der Waals surface area contributed by atoms with Crippen LogP contribution in [0, 0.1) is 6.92 Å². The minimum Gasteiger partial charge on any atom is -0.359 e. The lowest BCUT2D eigenvalue weighted by atomic mass is 9.96. The summed E-state index contributed by atoms with van der Waals surface area (Å²) in [4.78, 5) is 9.04. The molecule has 0 aliphatic carbocycles. The number of hydrogen-bond acceptors (Lipinski definition) is 1. The highest BCUT2D eigenvalue weighted by molar-refractivity contribution is 5.82. The van der Waals surface area contributed by atoms with Crippen molar-refractivity contribution in [3.05, 3.63) is 84.1 Å². The minimum absolute atomic E-state index is 0.353. The van der Waals surface area contributed by atoms with E-state index in [0.29, 0.717) is 6.04 Å². The average molecular weight is 344 g/mol. The van der Waals surface area contributed by atoms with Crippen molar-refractivity contribution >= 4 is 16.5 Å². The fourth-order valence-corrected chi connectivity index (χ4v) is 3.74. The fourth-order valence-electron chi connectivity index (χ4n) is 3.74. The van der Waals surface area contributed by atoms with Gasteiger partial charge in [0.1, 0.15) is 0 Å². The van der Waals surface area contributed by atoms with Gasteiger partial charge < -0.3 is 9.88 Å². The number of H-pyrrole nitrogens is 2. The normalized spacial score (nSPS) is 18.7. The van der Waals surface area contributed by atoms with E-state index in [4.69, 9.17) is 0 Å². The van der Waals surface area contributed by atoms with E-state index in [1.165, 1.54) is 27.9 Å². The number of aromatic nitrogens is 2. The molecule has 3 heteroatoms. The van der Waals surface area contributed by atoms with E-state index in [-0.39, 0.29) is 0 Å². The topological polar surface area (TPSA) is 33.2 Å². The number of pyridine rings is 1. The summed E-state index contributed by atoms with van der Waals surface area (Å²) >= 11 is 0. The zero-order valence-electron chi connectivity index (χ0n) is 15.5. The van der Waals surface area contributed by atoms with Gasteiger partial charge in [0.2, 0.25) is 5.52 Å². The van der Waals surface area contributed by atoms with E-state index in [0.717, 1.165) is 30.4 Å². The highest BCUT2D eigenvalue weighted by atomic mass is 15.2. The molecule has 2 aliphatic heterocycles. The van der Waals surface area contributed by atoms with Crippen molar-refractivity contribution in [3.8, 4) is 0 Å². The zero-order valence-corrected chi connectivity index (χ0v) is 15.5. The number of aromatic amines is 2. The Bertz CT molecular complexity index is 968. The van der Waals surface area contributed by atoms with Gasteiger partial charge in [0.15, 0.2) is 6.20 Å². The highest BCUT2D eigenvalue weighted by Crippen LogP contribution is 2.30. The van der Waals surface area contributed by atoms with Crippen LogP contribution < -0.4 is 4.98 Å². The predicted octanol–water partition coefficient (Wildman–Crippen LogP) is 5.07. The van der Waals surface area contributed by atoms with Gasteiger partial charge in [-0.3, -0.25) is 0 Å². The lowest BCUT2D eigenvalue weighted by Crippen LogP contribution is -2.31. The molecule has 0 fully saturated rings. The van der Waals surface area contributed by atoms with Crippen LogP contribution in [0.5, 0.6) is 0 Å². The summed E-state index contributed by atoms with van der Waals surface area (Å²) in [6.07, 6.45) is 20.7. The quantitative estimate of drug-likeness (QED) is 0.807. The average Bonchev–Trinajstić information content (AvgIpc) is 3.03. The van der Waals surface area contributed by atoms with E-state index in [9.17, 15) is 0 Å². The second kappa shape index (κ2) is 6.83. The largest absolute Gasteiger partial charge is 0.359 e. The van der Waals surface area contributed by atoms with Crippen molar-refractivity contribution in [2.75, 3.05) is 0 Å². The fraction of sp³-hybridized carbons (Fsp3) is 0.261. The number of nitrogens with zero attached hydrogens (tertiary/aromatic N) is 1. The summed E-state index contributed by atoms with van der Waals surface area (Å²) in [6.45, 7) is 8.68. The summed E-state index contributed by atoms with van der Waals surface area (Å²) < 4.78 is 0. The molecule has 0 saturated carbocycles. The first-order chi connectivity index (χ1) is 12.7. The summed E-state index contributed by atoms with van der Waals surface area (Å²) in [5, 5.41) is 1.23. The van der Waals surface area contributed by atoms with Gasteiger partial charge in [-0.25, -0.2) is 4.98 Å². The molecule has 3 nitrogen and oxygen atoms in total. The lowest BCUT2D eigenvalue weighted by molar-refractivity contribution is -0.344. The van der Waals surface area contributed by atoms with Gasteiger partial charge in [-0.1, -0.05) is 44.2 Å². The molecule has 4 heterocycles. The second-order valence-corrected chi connectivity index (χ2v) is 7.16. The number of hydrogen-bond donors (Lipinski definition) is 1. The number of nitrogens with one attached hydrogen (secondary N) is 2. The Labute approximate surface area is 155 Å². The standard InChI is InChI=1S/C23H25N3/c1-4-6-20-7-5-8-21-10-9-18(15-26(20)21)11-16(2)19-12-22-17(3)24-14-23(22)25-13-19/h5,7-10,12-15,21,24H,2,4,6,11H2,1,3H3/p+1. The summed E-state index contributed by atoms with van der Waals surface area (Å²) in [5.41, 5.74) is 7.30. The Balaban J connectivity index is 1.55. The smallest absolute Gasteiger partial charge is 0.228 e. The van der Waals surface area contributed by atoms with Crippen LogP contribution in [0.15, 0.2) is 72.9 Å². The molecule has 1 atom stereocenters. The number of fused-ring (bicyclic) bond motifs is 2. The molecule has 0 aromatic carbocycles. The van der Waals surface area contributed by atoms with E-state index in [2.05, 4.69) is 84.1 Å². The Kier molecular flexibility index (Phi) is 4.37. The lowest BCUT2D eigenvalue weighted by Gasteiger charge is -2.34. The maximum atomic E-state index is 4.35. The molecular weight excluding hydrogens is 318 g/mol. The molecule has 1 unspecified atom stereocenters. The van der Waals surface area contributed by atoms with Crippen LogP contribution in [-0.2, 0) is 0 Å². The first-order valence-corrected chi connectivity index (χ1v) is 9.38. The molecule has 0 radical (unpaired) electrons. The van der Waals surface area contributed by atoms with Crippen LogP contribution in [0.2, 0.25) is 0 Å². The first-order valence-electron chi connectivity index (χ1n) is 9.38. The maximum absolute atomic E-state index is 4.35. The van der Waals surface area contributed by atoms with Crippen molar-refractivity contribution in [2.24, 2.45) is 0 Å². The molecule has 0 amide bonds. The van der Waals surface area contributed by atoms with Crippen molar-refractivity contribution in [2.45, 2.75) is 39.2 Å². The van der Waals surface area contributed by atoms with Crippen molar-refractivity contribution < 1.29 is 4.98 Å². The highest BCUT2D eigenvalue weighted by Gasteiger charge is 2.20. The molecule has 0 spiro atoms. The van der Waals surface area contributed by atoms with Gasteiger partial charge in [0.25, 0.3) is 0 Å². The number of allylic oxidation sites excluding steroid dienone is 6. The van der Waals surface area contributed by atoms with Gasteiger partial charge >= 0.3 is 0 Å². The molecular formula is C23H26N3+. The summed E-state index contributed by atoms with van der Waals surface area (Å²) in [5.74, 6) is 0. The monoisotopic (exact) mass is 344 g/mol. The third kappa shape index (κ3) is 3.05. The molecule has 2 aromatic heterocycles. The third-order valence-corrected chi connectivity index (χ3v) is 5.20. The Morgan fingerprint density at radius 1 is 1.35 bits per heavy atom. The van der Waals surface area contributed by atoms with E-state index in [1.807, 2.05) is 6.20 Å². The van der Waals surface area contributed by atoms with Crippen LogP contribution >= 0.6 is 0 Å². The van der Waals surface area contributed by atoms with Gasteiger partial charge in [0, 0.05) is 23.2 Å². The van der Waals surface area contributed by atoms with Crippen LogP contribution in [0.3, 0.4) is 0 Å². The molecule has 2 aliphatic rings. The van der Waals surface area contributed by atoms with Crippen molar-refractivity contribution in [3.63, 3.8) is 0 Å². The molecule has 0 bridgehead atoms.